The highest BCUT2D eigenvalue weighted by atomic mass is 16.5. The average Bonchev–Trinajstić information content (AvgIpc) is 2.78. The summed E-state index contributed by atoms with van der Waals surface area (Å²) in [4.78, 5) is 17.4. The highest BCUT2D eigenvalue weighted by molar-refractivity contribution is 6.03. The minimum Gasteiger partial charge on any atom is -0.488 e. The fourth-order valence-electron chi connectivity index (χ4n) is 4.85. The van der Waals surface area contributed by atoms with Gasteiger partial charge in [0, 0.05) is 48.6 Å². The molecule has 1 amide bonds. The van der Waals surface area contributed by atoms with E-state index in [0.717, 1.165) is 54.2 Å². The summed E-state index contributed by atoms with van der Waals surface area (Å²) in [5.41, 5.74) is 12.4. The second-order valence-corrected chi connectivity index (χ2v) is 8.11. The van der Waals surface area contributed by atoms with E-state index in [1.165, 1.54) is 5.69 Å². The molecule has 0 spiro atoms. The van der Waals surface area contributed by atoms with Crippen molar-refractivity contribution in [2.45, 2.75) is 32.5 Å². The Morgan fingerprint density at radius 1 is 1.23 bits per heavy atom. The molecule has 5 rings (SSSR count). The minimum absolute atomic E-state index is 0.0291. The zero-order valence-corrected chi connectivity index (χ0v) is 17.5. The van der Waals surface area contributed by atoms with Crippen molar-refractivity contribution in [3.8, 4) is 5.75 Å². The third-order valence-corrected chi connectivity index (χ3v) is 6.47. The Balaban J connectivity index is 1.50. The number of nitrogens with one attached hydrogen (secondary N) is 1. The summed E-state index contributed by atoms with van der Waals surface area (Å²) in [6, 6.07) is 12.2. The van der Waals surface area contributed by atoms with E-state index < -0.39 is 0 Å². The molecule has 3 aliphatic heterocycles. The van der Waals surface area contributed by atoms with Crippen LogP contribution in [0.5, 0.6) is 5.75 Å². The van der Waals surface area contributed by atoms with Crippen LogP contribution >= 0.6 is 0 Å². The van der Waals surface area contributed by atoms with Gasteiger partial charge in [0.05, 0.1) is 11.3 Å². The Morgan fingerprint density at radius 2 is 2.07 bits per heavy atom. The first-order valence-electron chi connectivity index (χ1n) is 10.8. The lowest BCUT2D eigenvalue weighted by atomic mass is 9.90. The fraction of sp³-hybridized carbons (Fsp3) is 0.375. The third-order valence-electron chi connectivity index (χ3n) is 6.47. The van der Waals surface area contributed by atoms with Crippen molar-refractivity contribution < 1.29 is 9.53 Å². The number of nitrogens with two attached hydrogens (primary N) is 1. The smallest absolute Gasteiger partial charge is 0.255 e. The Labute approximate surface area is 177 Å². The van der Waals surface area contributed by atoms with Crippen LogP contribution in [-0.2, 0) is 0 Å². The summed E-state index contributed by atoms with van der Waals surface area (Å²) in [5, 5.41) is 3.19. The molecule has 3 heterocycles. The Kier molecular flexibility index (Phi) is 4.66. The van der Waals surface area contributed by atoms with Crippen molar-refractivity contribution >= 4 is 23.4 Å². The summed E-state index contributed by atoms with van der Waals surface area (Å²) < 4.78 is 6.16. The van der Waals surface area contributed by atoms with Crippen molar-refractivity contribution in [1.29, 1.82) is 0 Å². The zero-order valence-electron chi connectivity index (χ0n) is 17.5. The molecule has 3 N–H and O–H groups in total. The number of nitrogens with zero attached hydrogens (tertiary/aromatic N) is 2. The molecule has 0 fully saturated rings. The van der Waals surface area contributed by atoms with Gasteiger partial charge in [-0.15, -0.1) is 0 Å². The standard InChI is InChI=1S/C24H28N4O2/c1-3-27(4-2)17-9-8-15-12-16(14-30-21(15)13-17)23-26-24(29)19-7-5-6-18-20(25)10-11-28(23)22(18)19/h5-9,12-13,20,23H,3-4,10-11,14,25H2,1-2H3,(H,26,29)/t20-,23-/m1/s1. The zero-order chi connectivity index (χ0) is 20.8. The number of carbonyl (C=O) groups excluding carboxylic acids is 1. The summed E-state index contributed by atoms with van der Waals surface area (Å²) in [7, 11) is 0. The first-order valence-corrected chi connectivity index (χ1v) is 10.8. The predicted molar refractivity (Wildman–Crippen MR) is 120 cm³/mol. The van der Waals surface area contributed by atoms with Gasteiger partial charge in [0.1, 0.15) is 18.5 Å². The molecule has 30 heavy (non-hydrogen) atoms. The molecule has 0 radical (unpaired) electrons. The number of carbonyl (C=O) groups is 1. The van der Waals surface area contributed by atoms with E-state index in [1.54, 1.807) is 0 Å². The van der Waals surface area contributed by atoms with E-state index in [2.05, 4.69) is 53.2 Å². The Bertz CT molecular complexity index is 1030. The SMILES string of the molecule is CCN(CC)c1ccc2c(c1)OCC([C@@H]1NC(=O)c3cccc4c3N1CC[C@H]4N)=C2. The fourth-order valence-corrected chi connectivity index (χ4v) is 4.85. The van der Waals surface area contributed by atoms with Crippen molar-refractivity contribution in [1.82, 2.24) is 5.32 Å². The third kappa shape index (κ3) is 2.94. The Hall–Kier alpha value is -2.99. The number of benzene rings is 2. The van der Waals surface area contributed by atoms with E-state index in [1.807, 2.05) is 18.2 Å². The van der Waals surface area contributed by atoms with E-state index in [0.29, 0.717) is 12.2 Å². The average molecular weight is 405 g/mol. The topological polar surface area (TPSA) is 70.8 Å². The quantitative estimate of drug-likeness (QED) is 0.818. The van der Waals surface area contributed by atoms with Crippen LogP contribution in [0.4, 0.5) is 11.4 Å². The highest BCUT2D eigenvalue weighted by Gasteiger charge is 2.38. The van der Waals surface area contributed by atoms with Gasteiger partial charge in [0.2, 0.25) is 0 Å². The van der Waals surface area contributed by atoms with Crippen LogP contribution in [0.1, 0.15) is 47.8 Å². The number of para-hydroxylation sites is 1. The molecular weight excluding hydrogens is 376 g/mol. The van der Waals surface area contributed by atoms with Crippen LogP contribution < -0.4 is 25.6 Å². The molecule has 0 bridgehead atoms. The van der Waals surface area contributed by atoms with E-state index >= 15 is 0 Å². The van der Waals surface area contributed by atoms with Gasteiger partial charge in [-0.3, -0.25) is 4.79 Å². The predicted octanol–water partition coefficient (Wildman–Crippen LogP) is 3.29. The second-order valence-electron chi connectivity index (χ2n) is 8.11. The Morgan fingerprint density at radius 3 is 2.87 bits per heavy atom. The first kappa shape index (κ1) is 19.0. The molecule has 2 aromatic carbocycles. The first-order chi connectivity index (χ1) is 14.6. The van der Waals surface area contributed by atoms with Crippen LogP contribution in [-0.4, -0.2) is 38.3 Å². The summed E-state index contributed by atoms with van der Waals surface area (Å²) in [6.07, 6.45) is 2.81. The number of fused-ring (bicyclic) bond motifs is 1. The van der Waals surface area contributed by atoms with E-state index in [4.69, 9.17) is 10.5 Å². The van der Waals surface area contributed by atoms with Gasteiger partial charge < -0.3 is 25.6 Å². The number of rotatable bonds is 4. The van der Waals surface area contributed by atoms with Crippen LogP contribution in [0.2, 0.25) is 0 Å². The van der Waals surface area contributed by atoms with Crippen molar-refractivity contribution in [3.63, 3.8) is 0 Å². The lowest BCUT2D eigenvalue weighted by molar-refractivity contribution is 0.0930. The number of ether oxygens (including phenoxy) is 1. The molecule has 2 atom stereocenters. The van der Waals surface area contributed by atoms with Crippen molar-refractivity contribution in [2.24, 2.45) is 5.73 Å². The molecule has 6 nitrogen and oxygen atoms in total. The summed E-state index contributed by atoms with van der Waals surface area (Å²) in [5.74, 6) is 0.845. The largest absolute Gasteiger partial charge is 0.488 e. The van der Waals surface area contributed by atoms with Crippen molar-refractivity contribution in [3.05, 3.63) is 58.7 Å². The van der Waals surface area contributed by atoms with E-state index in [-0.39, 0.29) is 18.1 Å². The minimum atomic E-state index is -0.214. The van der Waals surface area contributed by atoms with Gasteiger partial charge in [-0.05, 0) is 50.1 Å². The van der Waals surface area contributed by atoms with Crippen molar-refractivity contribution in [2.75, 3.05) is 36.0 Å². The van der Waals surface area contributed by atoms with Gasteiger partial charge in [0.25, 0.3) is 5.91 Å². The molecule has 0 aliphatic carbocycles. The molecule has 3 aliphatic rings. The van der Waals surface area contributed by atoms with Crippen LogP contribution in [0, 0.1) is 0 Å². The molecule has 2 aromatic rings. The van der Waals surface area contributed by atoms with Gasteiger partial charge in [-0.25, -0.2) is 0 Å². The molecule has 156 valence electrons. The number of hydrogen-bond donors (Lipinski definition) is 2. The van der Waals surface area contributed by atoms with Crippen LogP contribution in [0.25, 0.3) is 6.08 Å². The lowest BCUT2D eigenvalue weighted by Crippen LogP contribution is -2.57. The molecular formula is C24H28N4O2. The highest BCUT2D eigenvalue weighted by Crippen LogP contribution is 2.41. The second kappa shape index (κ2) is 7.36. The lowest BCUT2D eigenvalue weighted by Gasteiger charge is -2.45. The van der Waals surface area contributed by atoms with Gasteiger partial charge in [-0.2, -0.15) is 0 Å². The van der Waals surface area contributed by atoms with Gasteiger partial charge >= 0.3 is 0 Å². The van der Waals surface area contributed by atoms with Gasteiger partial charge in [-0.1, -0.05) is 12.1 Å². The number of anilines is 2. The normalized spacial score (nSPS) is 21.8. The monoisotopic (exact) mass is 404 g/mol. The molecule has 0 aromatic heterocycles. The maximum absolute atomic E-state index is 12.9. The van der Waals surface area contributed by atoms with Crippen LogP contribution in [0.15, 0.2) is 42.0 Å². The van der Waals surface area contributed by atoms with Crippen LogP contribution in [0.3, 0.4) is 0 Å². The maximum Gasteiger partial charge on any atom is 0.255 e. The maximum atomic E-state index is 12.9. The molecule has 0 saturated carbocycles. The summed E-state index contributed by atoms with van der Waals surface area (Å²) in [6.45, 7) is 7.50. The molecule has 0 unspecified atom stereocenters. The number of hydrogen-bond acceptors (Lipinski definition) is 5. The number of amides is 1. The molecule has 6 heteroatoms. The summed E-state index contributed by atoms with van der Waals surface area (Å²) >= 11 is 0. The van der Waals surface area contributed by atoms with E-state index in [9.17, 15) is 4.79 Å². The van der Waals surface area contributed by atoms with Gasteiger partial charge in [0.15, 0.2) is 0 Å². The molecule has 0 saturated heterocycles.